The van der Waals surface area contributed by atoms with Gasteiger partial charge < -0.3 is 28.4 Å². The number of piperazine rings is 1. The number of aromatic nitrogens is 1. The second-order valence-corrected chi connectivity index (χ2v) is 11.5. The van der Waals surface area contributed by atoms with Gasteiger partial charge in [-0.3, -0.25) is 0 Å². The maximum absolute atomic E-state index is 14.0. The average molecular weight is 562 g/mol. The Labute approximate surface area is 233 Å². The van der Waals surface area contributed by atoms with Gasteiger partial charge in [-0.2, -0.15) is 4.98 Å². The molecule has 0 atom stereocenters. The highest BCUT2D eigenvalue weighted by Gasteiger charge is 2.34. The molecule has 0 N–H and O–H groups in total. The third-order valence-corrected chi connectivity index (χ3v) is 8.57. The molecule has 0 unspecified atom stereocenters. The molecular formula is C30H31N3O6S. The number of benzene rings is 3. The molecule has 6 rings (SSSR count). The molecule has 2 aliphatic heterocycles. The van der Waals surface area contributed by atoms with Crippen molar-refractivity contribution in [1.82, 2.24) is 4.98 Å². The number of rotatable bonds is 8. The molecule has 3 aromatic carbocycles. The fraction of sp³-hybridized carbons (Fsp3) is 0.300. The summed E-state index contributed by atoms with van der Waals surface area (Å²) in [6.07, 6.45) is 0.906. The third kappa shape index (κ3) is 5.19. The molecule has 0 spiro atoms. The lowest BCUT2D eigenvalue weighted by molar-refractivity contribution is 0.171. The van der Waals surface area contributed by atoms with E-state index in [0.717, 1.165) is 17.9 Å². The molecule has 40 heavy (non-hydrogen) atoms. The molecule has 1 aromatic heterocycles. The van der Waals surface area contributed by atoms with Crippen LogP contribution in [-0.4, -0.2) is 59.4 Å². The number of ether oxygens (including phenoxy) is 3. The molecule has 0 aliphatic carbocycles. The summed E-state index contributed by atoms with van der Waals surface area (Å²) in [7, 11) is -4.05. The highest BCUT2D eigenvalue weighted by Crippen LogP contribution is 2.39. The monoisotopic (exact) mass is 561 g/mol. The minimum Gasteiger partial charge on any atom is -0.494 e. The van der Waals surface area contributed by atoms with Crippen molar-refractivity contribution in [2.75, 3.05) is 55.8 Å². The van der Waals surface area contributed by atoms with E-state index in [1.807, 2.05) is 54.3 Å². The number of oxazole rings is 1. The van der Waals surface area contributed by atoms with E-state index in [1.54, 1.807) is 6.07 Å². The largest absolute Gasteiger partial charge is 0.494 e. The van der Waals surface area contributed by atoms with Gasteiger partial charge in [-0.1, -0.05) is 25.1 Å². The van der Waals surface area contributed by atoms with E-state index < -0.39 is 9.84 Å². The standard InChI is InChI=1S/C30H31N3O6S/c1-2-18-36-24-10-8-22(9-11-24)28-31-29(40(34,35)25-12-13-26-27(21-25)38-20-19-37-26)30(39-28)33-16-14-32(15-17-33)23-6-4-3-5-7-23/h3-13,21H,2,14-20H2,1H3. The van der Waals surface area contributed by atoms with Crippen LogP contribution in [0.15, 0.2) is 87.1 Å². The van der Waals surface area contributed by atoms with Gasteiger partial charge in [0.15, 0.2) is 11.5 Å². The molecule has 2 aliphatic rings. The summed E-state index contributed by atoms with van der Waals surface area (Å²) >= 11 is 0. The zero-order valence-electron chi connectivity index (χ0n) is 22.3. The van der Waals surface area contributed by atoms with Crippen LogP contribution in [0.5, 0.6) is 17.2 Å². The molecule has 0 saturated carbocycles. The Morgan fingerprint density at radius 2 is 1.55 bits per heavy atom. The molecular weight excluding hydrogens is 530 g/mol. The maximum Gasteiger partial charge on any atom is 0.236 e. The number of sulfone groups is 1. The Balaban J connectivity index is 1.35. The number of para-hydroxylation sites is 1. The Hall–Kier alpha value is -4.18. The van der Waals surface area contributed by atoms with Crippen LogP contribution >= 0.6 is 0 Å². The van der Waals surface area contributed by atoms with Crippen LogP contribution in [0.3, 0.4) is 0 Å². The summed E-state index contributed by atoms with van der Waals surface area (Å²) in [5, 5.41) is -0.112. The summed E-state index contributed by atoms with van der Waals surface area (Å²) in [5.74, 6) is 2.13. The van der Waals surface area contributed by atoms with E-state index >= 15 is 0 Å². The van der Waals surface area contributed by atoms with Crippen molar-refractivity contribution in [2.24, 2.45) is 0 Å². The van der Waals surface area contributed by atoms with Crippen molar-refractivity contribution in [1.29, 1.82) is 0 Å². The molecule has 10 heteroatoms. The van der Waals surface area contributed by atoms with Crippen molar-refractivity contribution >= 4 is 21.4 Å². The van der Waals surface area contributed by atoms with Crippen LogP contribution in [0.25, 0.3) is 11.5 Å². The second-order valence-electron chi connectivity index (χ2n) is 9.62. The van der Waals surface area contributed by atoms with Crippen LogP contribution < -0.4 is 24.0 Å². The molecule has 0 bridgehead atoms. The van der Waals surface area contributed by atoms with Gasteiger partial charge in [-0.15, -0.1) is 0 Å². The Morgan fingerprint density at radius 3 is 2.27 bits per heavy atom. The SMILES string of the molecule is CCCOc1ccc(-c2nc(S(=O)(=O)c3ccc4c(c3)OCCO4)c(N3CCN(c4ccccc4)CC3)o2)cc1. The lowest BCUT2D eigenvalue weighted by atomic mass is 10.2. The van der Waals surface area contributed by atoms with Gasteiger partial charge in [0.05, 0.1) is 11.5 Å². The van der Waals surface area contributed by atoms with E-state index in [2.05, 4.69) is 22.0 Å². The van der Waals surface area contributed by atoms with Crippen molar-refractivity contribution in [3.8, 4) is 28.7 Å². The maximum atomic E-state index is 14.0. The van der Waals surface area contributed by atoms with Gasteiger partial charge in [0.2, 0.25) is 26.6 Å². The number of nitrogens with zero attached hydrogens (tertiary/aromatic N) is 3. The summed E-state index contributed by atoms with van der Waals surface area (Å²) in [5.41, 5.74) is 1.80. The van der Waals surface area contributed by atoms with Gasteiger partial charge >= 0.3 is 0 Å². The van der Waals surface area contributed by atoms with Gasteiger partial charge in [-0.25, -0.2) is 8.42 Å². The quantitative estimate of drug-likeness (QED) is 0.293. The second kappa shape index (κ2) is 11.1. The first-order chi connectivity index (χ1) is 19.5. The highest BCUT2D eigenvalue weighted by molar-refractivity contribution is 7.91. The topological polar surface area (TPSA) is 94.3 Å². The molecule has 1 fully saturated rings. The first-order valence-electron chi connectivity index (χ1n) is 13.5. The Kier molecular flexibility index (Phi) is 7.25. The normalized spacial score (nSPS) is 15.2. The predicted octanol–water partition coefficient (Wildman–Crippen LogP) is 5.06. The van der Waals surface area contributed by atoms with E-state index in [1.165, 1.54) is 12.1 Å². The first kappa shape index (κ1) is 26.1. The summed E-state index contributed by atoms with van der Waals surface area (Å²) in [4.78, 5) is 8.87. The van der Waals surface area contributed by atoms with Crippen LogP contribution in [0.4, 0.5) is 11.6 Å². The third-order valence-electron chi connectivity index (χ3n) is 6.92. The predicted molar refractivity (Wildman–Crippen MR) is 151 cm³/mol. The van der Waals surface area contributed by atoms with E-state index in [-0.39, 0.29) is 21.7 Å². The lowest BCUT2D eigenvalue weighted by Gasteiger charge is -2.36. The van der Waals surface area contributed by atoms with Crippen LogP contribution in [0.1, 0.15) is 13.3 Å². The van der Waals surface area contributed by atoms with Gasteiger partial charge in [0.25, 0.3) is 0 Å². The minimum atomic E-state index is -4.05. The number of anilines is 2. The Morgan fingerprint density at radius 1 is 0.850 bits per heavy atom. The fourth-order valence-electron chi connectivity index (χ4n) is 4.82. The van der Waals surface area contributed by atoms with Crippen molar-refractivity contribution < 1.29 is 27.0 Å². The molecule has 1 saturated heterocycles. The van der Waals surface area contributed by atoms with Crippen LogP contribution in [-0.2, 0) is 9.84 Å². The molecule has 4 aromatic rings. The summed E-state index contributed by atoms with van der Waals surface area (Å²) in [6, 6.07) is 22.1. The molecule has 208 valence electrons. The van der Waals surface area contributed by atoms with Crippen molar-refractivity contribution in [2.45, 2.75) is 23.3 Å². The number of hydrogen-bond donors (Lipinski definition) is 0. The van der Waals surface area contributed by atoms with Gasteiger partial charge in [-0.05, 0) is 55.0 Å². The van der Waals surface area contributed by atoms with Gasteiger partial charge in [0, 0.05) is 43.5 Å². The zero-order chi connectivity index (χ0) is 27.5. The zero-order valence-corrected chi connectivity index (χ0v) is 23.1. The number of hydrogen-bond acceptors (Lipinski definition) is 9. The van der Waals surface area contributed by atoms with E-state index in [0.29, 0.717) is 63.1 Å². The number of fused-ring (bicyclic) bond motifs is 1. The molecule has 3 heterocycles. The average Bonchev–Trinajstić information content (AvgIpc) is 3.47. The van der Waals surface area contributed by atoms with Crippen molar-refractivity contribution in [3.05, 3.63) is 72.8 Å². The molecule has 0 amide bonds. The summed E-state index contributed by atoms with van der Waals surface area (Å²) < 4.78 is 51.2. The molecule has 9 nitrogen and oxygen atoms in total. The first-order valence-corrected chi connectivity index (χ1v) is 14.9. The molecule has 0 radical (unpaired) electrons. The van der Waals surface area contributed by atoms with E-state index in [4.69, 9.17) is 18.6 Å². The van der Waals surface area contributed by atoms with Crippen LogP contribution in [0, 0.1) is 0 Å². The smallest absolute Gasteiger partial charge is 0.236 e. The highest BCUT2D eigenvalue weighted by atomic mass is 32.2. The fourth-order valence-corrected chi connectivity index (χ4v) is 6.16. The Bertz CT molecular complexity index is 1560. The van der Waals surface area contributed by atoms with Gasteiger partial charge in [0.1, 0.15) is 19.0 Å². The van der Waals surface area contributed by atoms with Crippen molar-refractivity contribution in [3.63, 3.8) is 0 Å². The van der Waals surface area contributed by atoms with Crippen LogP contribution in [0.2, 0.25) is 0 Å². The summed E-state index contributed by atoms with van der Waals surface area (Å²) in [6.45, 7) is 6.04. The lowest BCUT2D eigenvalue weighted by Crippen LogP contribution is -2.46. The van der Waals surface area contributed by atoms with E-state index in [9.17, 15) is 8.42 Å². The minimum absolute atomic E-state index is 0.0732.